The number of amides is 1. The number of rotatable bonds is 6. The van der Waals surface area contributed by atoms with E-state index in [1.165, 1.54) is 0 Å². The van der Waals surface area contributed by atoms with Gasteiger partial charge in [-0.1, -0.05) is 44.2 Å². The molecule has 3 N–H and O–H groups in total. The molecule has 0 heterocycles. The van der Waals surface area contributed by atoms with Crippen molar-refractivity contribution in [3.63, 3.8) is 0 Å². The Balaban J connectivity index is 2.31. The van der Waals surface area contributed by atoms with Crippen molar-refractivity contribution in [2.45, 2.75) is 33.4 Å². The van der Waals surface area contributed by atoms with Crippen LogP contribution < -0.4 is 16.0 Å². The Morgan fingerprint density at radius 3 is 2.38 bits per heavy atom. The zero-order valence-corrected chi connectivity index (χ0v) is 13.3. The highest BCUT2D eigenvalue weighted by molar-refractivity contribution is 5.86. The first-order chi connectivity index (χ1) is 10.0. The molecule has 0 bridgehead atoms. The molecule has 0 aliphatic carbocycles. The van der Waals surface area contributed by atoms with E-state index in [2.05, 4.69) is 41.7 Å². The highest BCUT2D eigenvalue weighted by Crippen LogP contribution is 1.99. The lowest BCUT2D eigenvalue weighted by molar-refractivity contribution is -0.120. The lowest BCUT2D eigenvalue weighted by Crippen LogP contribution is -2.47. The first-order valence-corrected chi connectivity index (χ1v) is 7.30. The fraction of sp³-hybridized carbons (Fsp3) is 0.500. The highest BCUT2D eigenvalue weighted by Gasteiger charge is 2.09. The molecule has 5 nitrogen and oxygen atoms in total. The van der Waals surface area contributed by atoms with E-state index in [0.717, 1.165) is 5.56 Å². The van der Waals surface area contributed by atoms with Gasteiger partial charge in [-0.05, 0) is 18.4 Å². The lowest BCUT2D eigenvalue weighted by atomic mass is 10.1. The number of nitrogens with one attached hydrogen (secondary N) is 3. The predicted octanol–water partition coefficient (Wildman–Crippen LogP) is 1.51. The quantitative estimate of drug-likeness (QED) is 0.549. The Hall–Kier alpha value is -2.04. The number of hydrogen-bond acceptors (Lipinski definition) is 2. The molecular formula is C16H26N4O. The number of guanidine groups is 1. The van der Waals surface area contributed by atoms with Gasteiger partial charge in [0, 0.05) is 19.6 Å². The fourth-order valence-corrected chi connectivity index (χ4v) is 1.60. The minimum Gasteiger partial charge on any atom is -0.354 e. The molecule has 0 spiro atoms. The molecule has 0 radical (unpaired) electrons. The molecule has 0 saturated carbocycles. The summed E-state index contributed by atoms with van der Waals surface area (Å²) in [6, 6.07) is 10.1. The zero-order valence-electron chi connectivity index (χ0n) is 13.3. The highest BCUT2D eigenvalue weighted by atomic mass is 16.1. The van der Waals surface area contributed by atoms with Crippen LogP contribution in [-0.4, -0.2) is 31.5 Å². The van der Waals surface area contributed by atoms with Crippen LogP contribution in [0.25, 0.3) is 0 Å². The summed E-state index contributed by atoms with van der Waals surface area (Å²) < 4.78 is 0. The third-order valence-electron chi connectivity index (χ3n) is 3.34. The maximum atomic E-state index is 11.8. The van der Waals surface area contributed by atoms with Crippen LogP contribution in [0.1, 0.15) is 26.3 Å². The summed E-state index contributed by atoms with van der Waals surface area (Å²) in [5, 5.41) is 9.14. The molecule has 0 aromatic heterocycles. The van der Waals surface area contributed by atoms with E-state index in [1.807, 2.05) is 30.3 Å². The largest absolute Gasteiger partial charge is 0.354 e. The summed E-state index contributed by atoms with van der Waals surface area (Å²) in [6.45, 7) is 7.11. The van der Waals surface area contributed by atoms with Crippen molar-refractivity contribution in [2.75, 3.05) is 13.6 Å². The van der Waals surface area contributed by atoms with Crippen molar-refractivity contribution in [1.82, 2.24) is 16.0 Å². The molecule has 1 aromatic carbocycles. The van der Waals surface area contributed by atoms with Crippen molar-refractivity contribution >= 4 is 11.9 Å². The van der Waals surface area contributed by atoms with Gasteiger partial charge in [0.1, 0.15) is 0 Å². The summed E-state index contributed by atoms with van der Waals surface area (Å²) in [5.74, 6) is 1.08. The summed E-state index contributed by atoms with van der Waals surface area (Å²) in [4.78, 5) is 15.9. The number of nitrogens with zero attached hydrogens (tertiary/aromatic N) is 1. The second kappa shape index (κ2) is 9.00. The van der Waals surface area contributed by atoms with E-state index < -0.39 is 0 Å². The molecule has 0 aliphatic heterocycles. The minimum atomic E-state index is -0.0565. The van der Waals surface area contributed by atoms with E-state index >= 15 is 0 Å². The maximum absolute atomic E-state index is 11.8. The number of carbonyl (C=O) groups excluding carboxylic acids is 1. The molecule has 1 amide bonds. The van der Waals surface area contributed by atoms with Crippen LogP contribution in [-0.2, 0) is 11.3 Å². The average Bonchev–Trinajstić information content (AvgIpc) is 2.49. The van der Waals surface area contributed by atoms with Gasteiger partial charge >= 0.3 is 0 Å². The summed E-state index contributed by atoms with van der Waals surface area (Å²) in [5.41, 5.74) is 1.08. The van der Waals surface area contributed by atoms with Gasteiger partial charge in [0.05, 0.1) is 6.54 Å². The van der Waals surface area contributed by atoms with Gasteiger partial charge in [-0.15, -0.1) is 0 Å². The molecule has 1 aromatic rings. The monoisotopic (exact) mass is 290 g/mol. The number of hydrogen-bond donors (Lipinski definition) is 3. The molecule has 0 aliphatic rings. The molecule has 5 heteroatoms. The van der Waals surface area contributed by atoms with Gasteiger partial charge in [-0.2, -0.15) is 0 Å². The third-order valence-corrected chi connectivity index (χ3v) is 3.34. The minimum absolute atomic E-state index is 0.0565. The Bertz CT molecular complexity index is 457. The number of benzene rings is 1. The van der Waals surface area contributed by atoms with Crippen LogP contribution in [0.5, 0.6) is 0 Å². The normalized spacial score (nSPS) is 12.9. The standard InChI is InChI=1S/C16H26N4O/c1-12(2)13(3)20-16(17-4)19-11-15(21)18-10-14-8-6-5-7-9-14/h5-9,12-13H,10-11H2,1-4H3,(H,18,21)(H2,17,19,20). The van der Waals surface area contributed by atoms with Gasteiger partial charge < -0.3 is 16.0 Å². The SMILES string of the molecule is CN=C(NCC(=O)NCc1ccccc1)NC(C)C(C)C. The van der Waals surface area contributed by atoms with E-state index in [-0.39, 0.29) is 12.5 Å². The van der Waals surface area contributed by atoms with E-state index in [4.69, 9.17) is 0 Å². The molecular weight excluding hydrogens is 264 g/mol. The summed E-state index contributed by atoms with van der Waals surface area (Å²) in [6.07, 6.45) is 0. The molecule has 116 valence electrons. The second-order valence-corrected chi connectivity index (χ2v) is 5.37. The number of carbonyl (C=O) groups is 1. The first kappa shape index (κ1) is 17.0. The average molecular weight is 290 g/mol. The smallest absolute Gasteiger partial charge is 0.239 e. The van der Waals surface area contributed by atoms with E-state index in [9.17, 15) is 4.79 Å². The Morgan fingerprint density at radius 1 is 1.14 bits per heavy atom. The maximum Gasteiger partial charge on any atom is 0.239 e. The first-order valence-electron chi connectivity index (χ1n) is 7.30. The molecule has 21 heavy (non-hydrogen) atoms. The topological polar surface area (TPSA) is 65.5 Å². The second-order valence-electron chi connectivity index (χ2n) is 5.37. The van der Waals surface area contributed by atoms with Crippen molar-refractivity contribution in [3.8, 4) is 0 Å². The van der Waals surface area contributed by atoms with Crippen LogP contribution in [0.4, 0.5) is 0 Å². The van der Waals surface area contributed by atoms with Crippen LogP contribution in [0.2, 0.25) is 0 Å². The predicted molar refractivity (Wildman–Crippen MR) is 87.1 cm³/mol. The van der Waals surface area contributed by atoms with Crippen molar-refractivity contribution in [2.24, 2.45) is 10.9 Å². The van der Waals surface area contributed by atoms with Gasteiger partial charge in [0.25, 0.3) is 0 Å². The van der Waals surface area contributed by atoms with Gasteiger partial charge in [0.15, 0.2) is 5.96 Å². The van der Waals surface area contributed by atoms with Crippen LogP contribution in [0, 0.1) is 5.92 Å². The Morgan fingerprint density at radius 2 is 1.81 bits per heavy atom. The Kier molecular flexibility index (Phi) is 7.29. The summed E-state index contributed by atoms with van der Waals surface area (Å²) in [7, 11) is 1.70. The fourth-order valence-electron chi connectivity index (χ4n) is 1.60. The van der Waals surface area contributed by atoms with Crippen LogP contribution >= 0.6 is 0 Å². The lowest BCUT2D eigenvalue weighted by Gasteiger charge is -2.20. The van der Waals surface area contributed by atoms with Crippen LogP contribution in [0.15, 0.2) is 35.3 Å². The molecule has 1 atom stereocenters. The van der Waals surface area contributed by atoms with Crippen molar-refractivity contribution < 1.29 is 4.79 Å². The van der Waals surface area contributed by atoms with Crippen molar-refractivity contribution in [1.29, 1.82) is 0 Å². The van der Waals surface area contributed by atoms with Gasteiger partial charge in [-0.25, -0.2) is 0 Å². The molecule has 0 saturated heterocycles. The van der Waals surface area contributed by atoms with Crippen molar-refractivity contribution in [3.05, 3.63) is 35.9 Å². The summed E-state index contributed by atoms with van der Waals surface area (Å²) >= 11 is 0. The molecule has 1 unspecified atom stereocenters. The zero-order chi connectivity index (χ0) is 15.7. The molecule has 0 fully saturated rings. The van der Waals surface area contributed by atoms with Gasteiger partial charge in [0.2, 0.25) is 5.91 Å². The Labute approximate surface area is 127 Å². The van der Waals surface area contributed by atoms with E-state index in [1.54, 1.807) is 7.05 Å². The van der Waals surface area contributed by atoms with Crippen LogP contribution in [0.3, 0.4) is 0 Å². The van der Waals surface area contributed by atoms with Gasteiger partial charge in [-0.3, -0.25) is 9.79 Å². The molecule has 1 rings (SSSR count). The van der Waals surface area contributed by atoms with E-state index in [0.29, 0.717) is 24.5 Å². The number of aliphatic imine (C=N–C) groups is 1. The third kappa shape index (κ3) is 6.79.